The number of halogens is 1. The van der Waals surface area contributed by atoms with Crippen molar-refractivity contribution in [2.45, 2.75) is 20.0 Å². The SMILES string of the molecule is COc1ccc(CNCc2ncc(C)o2)cc1Cl. The quantitative estimate of drug-likeness (QED) is 0.904. The van der Waals surface area contributed by atoms with E-state index >= 15 is 0 Å². The zero-order valence-electron chi connectivity index (χ0n) is 10.4. The normalized spacial score (nSPS) is 10.6. The molecule has 0 aliphatic rings. The Morgan fingerprint density at radius 1 is 1.39 bits per heavy atom. The molecule has 0 unspecified atom stereocenters. The summed E-state index contributed by atoms with van der Waals surface area (Å²) in [5.74, 6) is 2.19. The van der Waals surface area contributed by atoms with Crippen molar-refractivity contribution < 1.29 is 9.15 Å². The fourth-order valence-corrected chi connectivity index (χ4v) is 1.90. The second-order valence-electron chi connectivity index (χ2n) is 3.94. The Balaban J connectivity index is 1.88. The number of nitrogens with one attached hydrogen (secondary N) is 1. The maximum atomic E-state index is 6.05. The van der Waals surface area contributed by atoms with Crippen LogP contribution in [0.5, 0.6) is 5.75 Å². The van der Waals surface area contributed by atoms with Crippen molar-refractivity contribution in [2.24, 2.45) is 0 Å². The highest BCUT2D eigenvalue weighted by molar-refractivity contribution is 6.32. The molecule has 1 aromatic carbocycles. The molecule has 0 saturated carbocycles. The molecule has 18 heavy (non-hydrogen) atoms. The van der Waals surface area contributed by atoms with Crippen molar-refractivity contribution >= 4 is 11.6 Å². The number of nitrogens with zero attached hydrogens (tertiary/aromatic N) is 1. The summed E-state index contributed by atoms with van der Waals surface area (Å²) in [5.41, 5.74) is 1.09. The summed E-state index contributed by atoms with van der Waals surface area (Å²) in [6, 6.07) is 5.71. The van der Waals surface area contributed by atoms with E-state index in [-0.39, 0.29) is 0 Å². The number of hydrogen-bond acceptors (Lipinski definition) is 4. The summed E-state index contributed by atoms with van der Waals surface area (Å²) in [4.78, 5) is 4.12. The van der Waals surface area contributed by atoms with E-state index in [0.717, 1.165) is 11.3 Å². The molecule has 1 N–H and O–H groups in total. The Labute approximate surface area is 111 Å². The second-order valence-corrected chi connectivity index (χ2v) is 4.34. The summed E-state index contributed by atoms with van der Waals surface area (Å²) >= 11 is 6.05. The number of hydrogen-bond donors (Lipinski definition) is 1. The van der Waals surface area contributed by atoms with Gasteiger partial charge in [-0.05, 0) is 24.6 Å². The van der Waals surface area contributed by atoms with Gasteiger partial charge < -0.3 is 14.5 Å². The second kappa shape index (κ2) is 5.89. The first-order chi connectivity index (χ1) is 8.69. The zero-order chi connectivity index (χ0) is 13.0. The molecule has 0 amide bonds. The van der Waals surface area contributed by atoms with Crippen LogP contribution in [0.25, 0.3) is 0 Å². The van der Waals surface area contributed by atoms with Crippen LogP contribution in [0, 0.1) is 6.92 Å². The lowest BCUT2D eigenvalue weighted by Gasteiger charge is -2.06. The van der Waals surface area contributed by atoms with Gasteiger partial charge >= 0.3 is 0 Å². The first-order valence-corrected chi connectivity index (χ1v) is 6.01. The first kappa shape index (κ1) is 12.9. The molecule has 5 heteroatoms. The molecule has 0 atom stereocenters. The summed E-state index contributed by atoms with van der Waals surface area (Å²) in [6.45, 7) is 3.17. The highest BCUT2D eigenvalue weighted by Crippen LogP contribution is 2.24. The number of benzene rings is 1. The monoisotopic (exact) mass is 266 g/mol. The Kier molecular flexibility index (Phi) is 4.23. The van der Waals surface area contributed by atoms with Crippen molar-refractivity contribution in [1.29, 1.82) is 0 Å². The van der Waals surface area contributed by atoms with Crippen LogP contribution in [-0.2, 0) is 13.1 Å². The molecule has 2 rings (SSSR count). The number of aromatic nitrogens is 1. The van der Waals surface area contributed by atoms with E-state index in [4.69, 9.17) is 20.8 Å². The van der Waals surface area contributed by atoms with Gasteiger partial charge in [-0.15, -0.1) is 0 Å². The molecule has 0 spiro atoms. The summed E-state index contributed by atoms with van der Waals surface area (Å²) in [5, 5.41) is 3.85. The Morgan fingerprint density at radius 2 is 2.22 bits per heavy atom. The van der Waals surface area contributed by atoms with Crippen LogP contribution >= 0.6 is 11.6 Å². The van der Waals surface area contributed by atoms with E-state index in [2.05, 4.69) is 10.3 Å². The average Bonchev–Trinajstić information content (AvgIpc) is 2.75. The minimum absolute atomic E-state index is 0.595. The van der Waals surface area contributed by atoms with Gasteiger partial charge in [-0.1, -0.05) is 17.7 Å². The Bertz CT molecular complexity index is 525. The van der Waals surface area contributed by atoms with E-state index in [0.29, 0.717) is 29.8 Å². The van der Waals surface area contributed by atoms with Crippen LogP contribution in [0.3, 0.4) is 0 Å². The van der Waals surface area contributed by atoms with Gasteiger partial charge in [0.15, 0.2) is 0 Å². The number of oxazole rings is 1. The van der Waals surface area contributed by atoms with Gasteiger partial charge in [-0.25, -0.2) is 4.98 Å². The molecule has 0 aliphatic carbocycles. The highest BCUT2D eigenvalue weighted by Gasteiger charge is 2.03. The predicted octanol–water partition coefficient (Wildman–Crippen LogP) is 2.93. The molecule has 4 nitrogen and oxygen atoms in total. The van der Waals surface area contributed by atoms with Crippen LogP contribution in [-0.4, -0.2) is 12.1 Å². The molecule has 0 saturated heterocycles. The maximum Gasteiger partial charge on any atom is 0.208 e. The molecular weight excluding hydrogens is 252 g/mol. The van der Waals surface area contributed by atoms with E-state index in [1.807, 2.05) is 25.1 Å². The molecule has 2 aromatic rings. The van der Waals surface area contributed by atoms with Gasteiger partial charge in [-0.2, -0.15) is 0 Å². The van der Waals surface area contributed by atoms with E-state index < -0.39 is 0 Å². The van der Waals surface area contributed by atoms with Gasteiger partial charge in [0, 0.05) is 6.54 Å². The first-order valence-electron chi connectivity index (χ1n) is 5.63. The third-order valence-corrected chi connectivity index (χ3v) is 2.79. The van der Waals surface area contributed by atoms with Crippen LogP contribution in [0.1, 0.15) is 17.2 Å². The zero-order valence-corrected chi connectivity index (χ0v) is 11.1. The van der Waals surface area contributed by atoms with Gasteiger partial charge in [0.25, 0.3) is 0 Å². The minimum Gasteiger partial charge on any atom is -0.495 e. The van der Waals surface area contributed by atoms with Gasteiger partial charge in [-0.3, -0.25) is 0 Å². The van der Waals surface area contributed by atoms with E-state index in [9.17, 15) is 0 Å². The van der Waals surface area contributed by atoms with Gasteiger partial charge in [0.2, 0.25) is 5.89 Å². The third-order valence-electron chi connectivity index (χ3n) is 2.49. The smallest absolute Gasteiger partial charge is 0.208 e. The lowest BCUT2D eigenvalue weighted by molar-refractivity contribution is 0.414. The van der Waals surface area contributed by atoms with Gasteiger partial charge in [0.1, 0.15) is 11.5 Å². The van der Waals surface area contributed by atoms with E-state index in [1.165, 1.54) is 0 Å². The van der Waals surface area contributed by atoms with Crippen molar-refractivity contribution in [3.63, 3.8) is 0 Å². The molecule has 0 radical (unpaired) electrons. The van der Waals surface area contributed by atoms with Crippen LogP contribution in [0.4, 0.5) is 0 Å². The van der Waals surface area contributed by atoms with Crippen molar-refractivity contribution in [2.75, 3.05) is 7.11 Å². The number of aryl methyl sites for hydroxylation is 1. The lowest BCUT2D eigenvalue weighted by Crippen LogP contribution is -2.12. The predicted molar refractivity (Wildman–Crippen MR) is 69.8 cm³/mol. The summed E-state index contributed by atoms with van der Waals surface area (Å²) in [7, 11) is 1.60. The minimum atomic E-state index is 0.595. The molecule has 1 heterocycles. The van der Waals surface area contributed by atoms with Crippen LogP contribution < -0.4 is 10.1 Å². The highest BCUT2D eigenvalue weighted by atomic mass is 35.5. The number of methoxy groups -OCH3 is 1. The largest absolute Gasteiger partial charge is 0.495 e. The maximum absolute atomic E-state index is 6.05. The average molecular weight is 267 g/mol. The Morgan fingerprint density at radius 3 is 2.83 bits per heavy atom. The summed E-state index contributed by atoms with van der Waals surface area (Å²) in [6.07, 6.45) is 1.71. The molecule has 0 bridgehead atoms. The Hall–Kier alpha value is -1.52. The van der Waals surface area contributed by atoms with Crippen LogP contribution in [0.15, 0.2) is 28.8 Å². The third kappa shape index (κ3) is 3.24. The molecule has 0 fully saturated rings. The fraction of sp³-hybridized carbons (Fsp3) is 0.308. The molecule has 0 aliphatic heterocycles. The van der Waals surface area contributed by atoms with Crippen molar-refractivity contribution in [3.8, 4) is 5.75 Å². The van der Waals surface area contributed by atoms with Crippen molar-refractivity contribution in [3.05, 3.63) is 46.6 Å². The van der Waals surface area contributed by atoms with Gasteiger partial charge in [0.05, 0.1) is 24.9 Å². The topological polar surface area (TPSA) is 47.3 Å². The lowest BCUT2D eigenvalue weighted by atomic mass is 10.2. The standard InChI is InChI=1S/C13H15ClN2O2/c1-9-6-16-13(18-9)8-15-7-10-3-4-12(17-2)11(14)5-10/h3-6,15H,7-8H2,1-2H3. The van der Waals surface area contributed by atoms with E-state index in [1.54, 1.807) is 13.3 Å². The number of ether oxygens (including phenoxy) is 1. The molecular formula is C13H15ClN2O2. The molecule has 96 valence electrons. The summed E-state index contributed by atoms with van der Waals surface area (Å²) < 4.78 is 10.5. The number of rotatable bonds is 5. The van der Waals surface area contributed by atoms with Crippen LogP contribution in [0.2, 0.25) is 5.02 Å². The molecule has 1 aromatic heterocycles. The fourth-order valence-electron chi connectivity index (χ4n) is 1.62. The van der Waals surface area contributed by atoms with Crippen molar-refractivity contribution in [1.82, 2.24) is 10.3 Å².